The summed E-state index contributed by atoms with van der Waals surface area (Å²) in [6.07, 6.45) is 9.49. The van der Waals surface area contributed by atoms with Crippen LogP contribution in [0.15, 0.2) is 24.4 Å². The van der Waals surface area contributed by atoms with Crippen molar-refractivity contribution in [2.75, 3.05) is 26.2 Å². The summed E-state index contributed by atoms with van der Waals surface area (Å²) >= 11 is 0. The van der Waals surface area contributed by atoms with Crippen LogP contribution in [-0.2, 0) is 0 Å². The Morgan fingerprint density at radius 1 is 1.18 bits per heavy atom. The van der Waals surface area contributed by atoms with Crippen molar-refractivity contribution in [3.8, 4) is 0 Å². The Morgan fingerprint density at radius 3 is 2.68 bits per heavy atom. The Balaban J connectivity index is 1.40. The molecule has 118 valence electrons. The number of hydrogen-bond donors (Lipinski definition) is 0. The standard InChI is InChI=1S/C18H25N3O/c22-17(16-4-1-2-10-19-16)20-12-8-18(9-13-20)7-3-11-21(18)14-15-5-6-15/h1-2,4,10,15H,3,5-9,11-14H2. The average molecular weight is 299 g/mol. The van der Waals surface area contributed by atoms with Crippen LogP contribution >= 0.6 is 0 Å². The van der Waals surface area contributed by atoms with Gasteiger partial charge >= 0.3 is 0 Å². The molecule has 22 heavy (non-hydrogen) atoms. The molecule has 4 nitrogen and oxygen atoms in total. The number of pyridine rings is 1. The van der Waals surface area contributed by atoms with Crippen molar-refractivity contribution in [2.24, 2.45) is 5.92 Å². The molecule has 1 spiro atoms. The summed E-state index contributed by atoms with van der Waals surface area (Å²) in [6, 6.07) is 5.57. The second-order valence-electron chi connectivity index (χ2n) is 7.22. The molecule has 3 aliphatic rings. The van der Waals surface area contributed by atoms with E-state index < -0.39 is 0 Å². The van der Waals surface area contributed by atoms with Crippen molar-refractivity contribution in [1.82, 2.24) is 14.8 Å². The molecule has 0 bridgehead atoms. The number of hydrogen-bond acceptors (Lipinski definition) is 3. The zero-order valence-corrected chi connectivity index (χ0v) is 13.2. The summed E-state index contributed by atoms with van der Waals surface area (Å²) in [5.74, 6) is 1.06. The zero-order chi connectivity index (χ0) is 15.0. The molecule has 2 saturated heterocycles. The fraction of sp³-hybridized carbons (Fsp3) is 0.667. The van der Waals surface area contributed by atoms with Gasteiger partial charge in [0.1, 0.15) is 5.69 Å². The second kappa shape index (κ2) is 5.65. The number of aromatic nitrogens is 1. The third-order valence-corrected chi connectivity index (χ3v) is 5.78. The maximum atomic E-state index is 12.5. The minimum absolute atomic E-state index is 0.0992. The Hall–Kier alpha value is -1.42. The molecule has 3 heterocycles. The first-order valence-corrected chi connectivity index (χ1v) is 8.72. The van der Waals surface area contributed by atoms with Gasteiger partial charge in [0.15, 0.2) is 0 Å². The van der Waals surface area contributed by atoms with Crippen LogP contribution in [0, 0.1) is 5.92 Å². The van der Waals surface area contributed by atoms with E-state index in [1.807, 2.05) is 23.1 Å². The van der Waals surface area contributed by atoms with Crippen molar-refractivity contribution in [3.63, 3.8) is 0 Å². The largest absolute Gasteiger partial charge is 0.337 e. The maximum Gasteiger partial charge on any atom is 0.272 e. The van der Waals surface area contributed by atoms with Crippen LogP contribution in [0.3, 0.4) is 0 Å². The number of nitrogens with zero attached hydrogens (tertiary/aromatic N) is 3. The van der Waals surface area contributed by atoms with E-state index in [4.69, 9.17) is 0 Å². The van der Waals surface area contributed by atoms with E-state index in [1.165, 1.54) is 38.8 Å². The molecule has 0 N–H and O–H groups in total. The Kier molecular flexibility index (Phi) is 3.65. The first-order valence-electron chi connectivity index (χ1n) is 8.72. The molecule has 0 radical (unpaired) electrons. The van der Waals surface area contributed by atoms with Crippen LogP contribution in [0.2, 0.25) is 0 Å². The molecule has 1 amide bonds. The van der Waals surface area contributed by atoms with Gasteiger partial charge in [-0.1, -0.05) is 6.07 Å². The van der Waals surface area contributed by atoms with Gasteiger partial charge in [0.05, 0.1) is 0 Å². The number of rotatable bonds is 3. The van der Waals surface area contributed by atoms with E-state index in [2.05, 4.69) is 9.88 Å². The highest BCUT2D eigenvalue weighted by Gasteiger charge is 2.45. The van der Waals surface area contributed by atoms with Gasteiger partial charge in [0.2, 0.25) is 0 Å². The van der Waals surface area contributed by atoms with E-state index in [0.717, 1.165) is 31.8 Å². The number of carbonyl (C=O) groups excluding carboxylic acids is 1. The molecule has 0 unspecified atom stereocenters. The lowest BCUT2D eigenvalue weighted by Gasteiger charge is -2.45. The molecular weight excluding hydrogens is 274 g/mol. The number of amides is 1. The highest BCUT2D eigenvalue weighted by atomic mass is 16.2. The highest BCUT2D eigenvalue weighted by molar-refractivity contribution is 5.92. The van der Waals surface area contributed by atoms with Gasteiger partial charge < -0.3 is 4.90 Å². The smallest absolute Gasteiger partial charge is 0.272 e. The lowest BCUT2D eigenvalue weighted by molar-refractivity contribution is 0.0393. The number of carbonyl (C=O) groups is 1. The molecule has 4 rings (SSSR count). The molecule has 2 aliphatic heterocycles. The van der Waals surface area contributed by atoms with Crippen LogP contribution in [0.1, 0.15) is 49.0 Å². The van der Waals surface area contributed by atoms with E-state index in [-0.39, 0.29) is 5.91 Å². The van der Waals surface area contributed by atoms with E-state index >= 15 is 0 Å². The predicted octanol–water partition coefficient (Wildman–Crippen LogP) is 2.56. The molecular formula is C18H25N3O. The second-order valence-corrected chi connectivity index (χ2v) is 7.22. The minimum atomic E-state index is 0.0992. The third-order valence-electron chi connectivity index (χ3n) is 5.78. The van der Waals surface area contributed by atoms with Gasteiger partial charge in [-0.2, -0.15) is 0 Å². The monoisotopic (exact) mass is 299 g/mol. The molecule has 1 aromatic heterocycles. The average Bonchev–Trinajstić information content (AvgIpc) is 3.31. The number of piperidine rings is 1. The van der Waals surface area contributed by atoms with Gasteiger partial charge in [-0.15, -0.1) is 0 Å². The fourth-order valence-corrected chi connectivity index (χ4v) is 4.23. The summed E-state index contributed by atoms with van der Waals surface area (Å²) in [6.45, 7) is 4.34. The predicted molar refractivity (Wildman–Crippen MR) is 85.6 cm³/mol. The minimum Gasteiger partial charge on any atom is -0.337 e. The SMILES string of the molecule is O=C(c1ccccn1)N1CCC2(CCCN2CC2CC2)CC1. The molecule has 1 saturated carbocycles. The normalized spacial score (nSPS) is 24.8. The summed E-state index contributed by atoms with van der Waals surface area (Å²) in [5, 5.41) is 0. The quantitative estimate of drug-likeness (QED) is 0.860. The number of likely N-dealkylation sites (tertiary alicyclic amines) is 2. The first kappa shape index (κ1) is 14.2. The van der Waals surface area contributed by atoms with Crippen molar-refractivity contribution >= 4 is 5.91 Å². The first-order chi connectivity index (χ1) is 10.8. The molecule has 1 aromatic rings. The van der Waals surface area contributed by atoms with Crippen molar-refractivity contribution in [1.29, 1.82) is 0 Å². The molecule has 3 fully saturated rings. The highest BCUT2D eigenvalue weighted by Crippen LogP contribution is 2.41. The lowest BCUT2D eigenvalue weighted by Crippen LogP contribution is -2.53. The van der Waals surface area contributed by atoms with Gasteiger partial charge in [-0.25, -0.2) is 0 Å². The fourth-order valence-electron chi connectivity index (χ4n) is 4.23. The molecule has 0 aromatic carbocycles. The molecule has 1 aliphatic carbocycles. The summed E-state index contributed by atoms with van der Waals surface area (Å²) in [5.41, 5.74) is 0.975. The molecule has 4 heteroatoms. The Bertz CT molecular complexity index is 533. The van der Waals surface area contributed by atoms with Crippen LogP contribution in [0.4, 0.5) is 0 Å². The van der Waals surface area contributed by atoms with Gasteiger partial charge in [0.25, 0.3) is 5.91 Å². The van der Waals surface area contributed by atoms with Crippen LogP contribution in [0.25, 0.3) is 0 Å². The lowest BCUT2D eigenvalue weighted by atomic mass is 9.84. The van der Waals surface area contributed by atoms with E-state index in [9.17, 15) is 4.79 Å². The van der Waals surface area contributed by atoms with Crippen molar-refractivity contribution in [3.05, 3.63) is 30.1 Å². The van der Waals surface area contributed by atoms with Crippen LogP contribution in [-0.4, -0.2) is 52.4 Å². The van der Waals surface area contributed by atoms with Crippen molar-refractivity contribution in [2.45, 2.75) is 44.1 Å². The van der Waals surface area contributed by atoms with Crippen LogP contribution < -0.4 is 0 Å². The summed E-state index contributed by atoms with van der Waals surface area (Å²) in [7, 11) is 0. The summed E-state index contributed by atoms with van der Waals surface area (Å²) in [4.78, 5) is 21.5. The maximum absolute atomic E-state index is 12.5. The molecule has 0 atom stereocenters. The van der Waals surface area contributed by atoms with Gasteiger partial charge in [-0.3, -0.25) is 14.7 Å². The van der Waals surface area contributed by atoms with Gasteiger partial charge in [0, 0.05) is 31.4 Å². The van der Waals surface area contributed by atoms with E-state index in [0.29, 0.717) is 11.2 Å². The van der Waals surface area contributed by atoms with E-state index in [1.54, 1.807) is 6.20 Å². The summed E-state index contributed by atoms with van der Waals surface area (Å²) < 4.78 is 0. The third kappa shape index (κ3) is 2.65. The zero-order valence-electron chi connectivity index (χ0n) is 13.2. The van der Waals surface area contributed by atoms with Gasteiger partial charge in [-0.05, 0) is 63.1 Å². The van der Waals surface area contributed by atoms with Crippen molar-refractivity contribution < 1.29 is 4.79 Å². The Labute approximate surface area is 132 Å². The Morgan fingerprint density at radius 2 is 2.00 bits per heavy atom. The topological polar surface area (TPSA) is 36.4 Å². The van der Waals surface area contributed by atoms with Crippen LogP contribution in [0.5, 0.6) is 0 Å².